The monoisotopic (exact) mass is 365 g/mol. The first kappa shape index (κ1) is 19.2. The van der Waals surface area contributed by atoms with E-state index in [4.69, 9.17) is 0 Å². The van der Waals surface area contributed by atoms with Gasteiger partial charge in [-0.2, -0.15) is 0 Å². The van der Waals surface area contributed by atoms with Gasteiger partial charge in [-0.1, -0.05) is 31.5 Å². The van der Waals surface area contributed by atoms with Crippen LogP contribution in [0.4, 0.5) is 0 Å². The number of piperazine rings is 1. The van der Waals surface area contributed by atoms with Crippen LogP contribution in [-0.4, -0.2) is 59.7 Å². The maximum Gasteiger partial charge on any atom is 0.253 e. The number of hydrogen-bond acceptors (Lipinski definition) is 4. The third-order valence-corrected chi connectivity index (χ3v) is 5.01. The van der Waals surface area contributed by atoms with E-state index >= 15 is 0 Å². The first-order valence-corrected chi connectivity index (χ1v) is 9.67. The van der Waals surface area contributed by atoms with Gasteiger partial charge in [0.15, 0.2) is 5.78 Å². The van der Waals surface area contributed by atoms with E-state index < -0.39 is 0 Å². The second kappa shape index (κ2) is 8.91. The molecule has 1 aliphatic rings. The zero-order valence-electron chi connectivity index (χ0n) is 16.1. The molecule has 3 rings (SSSR count). The number of hydrogen-bond donors (Lipinski definition) is 0. The number of pyridine rings is 1. The van der Waals surface area contributed by atoms with Crippen LogP contribution in [-0.2, 0) is 0 Å². The standard InChI is InChI=1S/C22H27N3O2/c1-3-4-8-21(26)20-7-5-6-19(23-20)17-9-11-18(12-10-17)22(27)25-15-13-24(2)14-16-25/h5-7,9-12H,3-4,8,13-16H2,1-2H3. The number of nitrogens with zero attached hydrogens (tertiary/aromatic N) is 3. The lowest BCUT2D eigenvalue weighted by molar-refractivity contribution is 0.0664. The fourth-order valence-corrected chi connectivity index (χ4v) is 3.19. The van der Waals surface area contributed by atoms with Gasteiger partial charge in [-0.25, -0.2) is 4.98 Å². The van der Waals surface area contributed by atoms with E-state index in [0.29, 0.717) is 17.7 Å². The summed E-state index contributed by atoms with van der Waals surface area (Å²) >= 11 is 0. The molecule has 27 heavy (non-hydrogen) atoms. The highest BCUT2D eigenvalue weighted by atomic mass is 16.2. The molecular formula is C22H27N3O2. The van der Waals surface area contributed by atoms with Crippen molar-refractivity contribution in [2.75, 3.05) is 33.2 Å². The van der Waals surface area contributed by atoms with E-state index in [9.17, 15) is 9.59 Å². The van der Waals surface area contributed by atoms with Gasteiger partial charge in [0.1, 0.15) is 5.69 Å². The van der Waals surface area contributed by atoms with Crippen LogP contribution < -0.4 is 0 Å². The Morgan fingerprint density at radius 1 is 1.00 bits per heavy atom. The summed E-state index contributed by atoms with van der Waals surface area (Å²) in [7, 11) is 2.07. The van der Waals surface area contributed by atoms with Crippen molar-refractivity contribution in [3.63, 3.8) is 0 Å². The number of carbonyl (C=O) groups is 2. The van der Waals surface area contributed by atoms with Crippen LogP contribution in [0.5, 0.6) is 0 Å². The van der Waals surface area contributed by atoms with Gasteiger partial charge in [0.2, 0.25) is 0 Å². The molecule has 0 aliphatic carbocycles. The number of benzene rings is 1. The molecule has 1 aliphatic heterocycles. The highest BCUT2D eigenvalue weighted by molar-refractivity contribution is 5.95. The molecule has 1 amide bonds. The van der Waals surface area contributed by atoms with Gasteiger partial charge in [-0.05, 0) is 37.7 Å². The largest absolute Gasteiger partial charge is 0.336 e. The first-order chi connectivity index (χ1) is 13.1. The van der Waals surface area contributed by atoms with Crippen LogP contribution in [0.3, 0.4) is 0 Å². The summed E-state index contributed by atoms with van der Waals surface area (Å²) in [5.41, 5.74) is 2.88. The van der Waals surface area contributed by atoms with E-state index in [1.807, 2.05) is 41.3 Å². The number of Topliss-reactive ketones (excluding diaryl/α,β-unsaturated/α-hetero) is 1. The molecule has 0 saturated carbocycles. The lowest BCUT2D eigenvalue weighted by Crippen LogP contribution is -2.47. The Morgan fingerprint density at radius 2 is 1.70 bits per heavy atom. The minimum atomic E-state index is 0.0751. The number of aromatic nitrogens is 1. The van der Waals surface area contributed by atoms with Gasteiger partial charge in [-0.3, -0.25) is 9.59 Å². The Labute approximate surface area is 161 Å². The molecule has 2 heterocycles. The molecule has 1 fully saturated rings. The van der Waals surface area contributed by atoms with Gasteiger partial charge in [-0.15, -0.1) is 0 Å². The summed E-state index contributed by atoms with van der Waals surface area (Å²) in [4.78, 5) is 33.5. The summed E-state index contributed by atoms with van der Waals surface area (Å²) in [5, 5.41) is 0. The lowest BCUT2D eigenvalue weighted by atomic mass is 10.1. The first-order valence-electron chi connectivity index (χ1n) is 9.67. The molecule has 5 nitrogen and oxygen atoms in total. The van der Waals surface area contributed by atoms with Crippen molar-refractivity contribution >= 4 is 11.7 Å². The fourth-order valence-electron chi connectivity index (χ4n) is 3.19. The van der Waals surface area contributed by atoms with Crippen molar-refractivity contribution in [2.45, 2.75) is 26.2 Å². The summed E-state index contributed by atoms with van der Waals surface area (Å²) in [6.45, 7) is 5.42. The molecule has 5 heteroatoms. The normalized spacial score (nSPS) is 15.0. The Kier molecular flexibility index (Phi) is 6.35. The molecule has 0 unspecified atom stereocenters. The maximum atomic E-state index is 12.6. The zero-order chi connectivity index (χ0) is 19.2. The summed E-state index contributed by atoms with van der Waals surface area (Å²) in [5.74, 6) is 0.159. The Bertz CT molecular complexity index is 793. The van der Waals surface area contributed by atoms with Crippen LogP contribution in [0.2, 0.25) is 0 Å². The predicted molar refractivity (Wildman–Crippen MR) is 107 cm³/mol. The van der Waals surface area contributed by atoms with Crippen LogP contribution in [0.15, 0.2) is 42.5 Å². The third-order valence-electron chi connectivity index (χ3n) is 5.01. The second-order valence-electron chi connectivity index (χ2n) is 7.11. The number of carbonyl (C=O) groups excluding carboxylic acids is 2. The number of amides is 1. The summed E-state index contributed by atoms with van der Waals surface area (Å²) in [6, 6.07) is 13.1. The Balaban J connectivity index is 1.72. The molecule has 0 spiro atoms. The number of unbranched alkanes of at least 4 members (excludes halogenated alkanes) is 1. The van der Waals surface area contributed by atoms with Gasteiger partial charge < -0.3 is 9.80 Å². The molecule has 1 saturated heterocycles. The van der Waals surface area contributed by atoms with E-state index in [1.54, 1.807) is 6.07 Å². The van der Waals surface area contributed by atoms with Gasteiger partial charge in [0.05, 0.1) is 5.69 Å². The molecule has 0 atom stereocenters. The SMILES string of the molecule is CCCCC(=O)c1cccc(-c2ccc(C(=O)N3CCN(C)CC3)cc2)n1. The van der Waals surface area contributed by atoms with Crippen molar-refractivity contribution in [3.8, 4) is 11.3 Å². The molecule has 0 bridgehead atoms. The highest BCUT2D eigenvalue weighted by Gasteiger charge is 2.20. The van der Waals surface area contributed by atoms with Gasteiger partial charge >= 0.3 is 0 Å². The average Bonchev–Trinajstić information content (AvgIpc) is 2.72. The van der Waals surface area contributed by atoms with E-state index in [-0.39, 0.29) is 11.7 Å². The summed E-state index contributed by atoms with van der Waals surface area (Å²) in [6.07, 6.45) is 2.41. The lowest BCUT2D eigenvalue weighted by Gasteiger charge is -2.32. The van der Waals surface area contributed by atoms with Crippen molar-refractivity contribution in [1.29, 1.82) is 0 Å². The Morgan fingerprint density at radius 3 is 2.37 bits per heavy atom. The highest BCUT2D eigenvalue weighted by Crippen LogP contribution is 2.20. The smallest absolute Gasteiger partial charge is 0.253 e. The minimum absolute atomic E-state index is 0.0751. The van der Waals surface area contributed by atoms with Crippen molar-refractivity contribution < 1.29 is 9.59 Å². The van der Waals surface area contributed by atoms with Crippen molar-refractivity contribution in [1.82, 2.24) is 14.8 Å². The van der Waals surface area contributed by atoms with Crippen LogP contribution in [0.1, 0.15) is 47.0 Å². The molecule has 142 valence electrons. The molecule has 1 aromatic carbocycles. The molecule has 0 radical (unpaired) electrons. The van der Waals surface area contributed by atoms with Crippen LogP contribution in [0, 0.1) is 0 Å². The maximum absolute atomic E-state index is 12.6. The van der Waals surface area contributed by atoms with Gasteiger partial charge in [0, 0.05) is 43.7 Å². The topological polar surface area (TPSA) is 53.5 Å². The predicted octanol–water partition coefficient (Wildman–Crippen LogP) is 3.51. The molecule has 0 N–H and O–H groups in total. The molecule has 2 aromatic rings. The minimum Gasteiger partial charge on any atom is -0.336 e. The second-order valence-corrected chi connectivity index (χ2v) is 7.11. The zero-order valence-corrected chi connectivity index (χ0v) is 16.1. The van der Waals surface area contributed by atoms with Crippen molar-refractivity contribution in [2.24, 2.45) is 0 Å². The Hall–Kier alpha value is -2.53. The third kappa shape index (κ3) is 4.80. The number of likely N-dealkylation sites (N-methyl/N-ethyl adjacent to an activating group) is 1. The van der Waals surface area contributed by atoms with E-state index in [1.165, 1.54) is 0 Å². The number of rotatable bonds is 6. The molecule has 1 aromatic heterocycles. The van der Waals surface area contributed by atoms with E-state index in [2.05, 4.69) is 23.9 Å². The van der Waals surface area contributed by atoms with Crippen molar-refractivity contribution in [3.05, 3.63) is 53.7 Å². The summed E-state index contributed by atoms with van der Waals surface area (Å²) < 4.78 is 0. The quantitative estimate of drug-likeness (QED) is 0.735. The fraction of sp³-hybridized carbons (Fsp3) is 0.409. The molecular weight excluding hydrogens is 338 g/mol. The van der Waals surface area contributed by atoms with E-state index in [0.717, 1.165) is 50.3 Å². The van der Waals surface area contributed by atoms with Crippen LogP contribution >= 0.6 is 0 Å². The average molecular weight is 365 g/mol. The number of ketones is 1. The van der Waals surface area contributed by atoms with Gasteiger partial charge in [0.25, 0.3) is 5.91 Å². The van der Waals surface area contributed by atoms with Crippen LogP contribution in [0.25, 0.3) is 11.3 Å².